The van der Waals surface area contributed by atoms with Gasteiger partial charge in [0.1, 0.15) is 0 Å². The summed E-state index contributed by atoms with van der Waals surface area (Å²) in [4.78, 5) is 26.1. The van der Waals surface area contributed by atoms with Gasteiger partial charge in [-0.05, 0) is 0 Å². The average molecular weight is 263 g/mol. The molecule has 2 amide bonds. The zero-order chi connectivity index (χ0) is 10.6. The molecule has 1 fully saturated rings. The Bertz CT molecular complexity index is 225. The van der Waals surface area contributed by atoms with Gasteiger partial charge in [-0.2, -0.15) is 0 Å². The van der Waals surface area contributed by atoms with Crippen molar-refractivity contribution in [3.05, 3.63) is 0 Å². The fraction of sp³-hybridized carbons (Fsp3) is 0.778. The van der Waals surface area contributed by atoms with E-state index in [1.165, 1.54) is 0 Å². The van der Waals surface area contributed by atoms with Crippen molar-refractivity contribution in [1.82, 2.24) is 9.80 Å². The number of hydrogen-bond acceptors (Lipinski definition) is 2. The van der Waals surface area contributed by atoms with Crippen LogP contribution in [0, 0.1) is 0 Å². The Kier molecular flexibility index (Phi) is 4.38. The highest BCUT2D eigenvalue weighted by molar-refractivity contribution is 9.09. The van der Waals surface area contributed by atoms with Gasteiger partial charge in [0.05, 0.1) is 0 Å². The summed E-state index contributed by atoms with van der Waals surface area (Å²) in [6, 6.07) is 0. The van der Waals surface area contributed by atoms with Crippen molar-refractivity contribution in [2.45, 2.75) is 13.3 Å². The second-order valence-corrected chi connectivity index (χ2v) is 4.12. The predicted molar refractivity (Wildman–Crippen MR) is 57.2 cm³/mol. The van der Waals surface area contributed by atoms with Gasteiger partial charge in [0.15, 0.2) is 0 Å². The molecule has 1 aliphatic rings. The van der Waals surface area contributed by atoms with Crippen molar-refractivity contribution in [1.29, 1.82) is 0 Å². The van der Waals surface area contributed by atoms with Crippen LogP contribution in [0.4, 0.5) is 0 Å². The SMILES string of the molecule is CC(=O)N1CCN(C(=O)CCBr)CC1. The number of hydrogen-bond donors (Lipinski definition) is 0. The molecule has 0 aromatic carbocycles. The summed E-state index contributed by atoms with van der Waals surface area (Å²) in [6.07, 6.45) is 0.542. The zero-order valence-corrected chi connectivity index (χ0v) is 9.92. The molecule has 0 aliphatic carbocycles. The van der Waals surface area contributed by atoms with E-state index in [1.807, 2.05) is 4.90 Å². The maximum atomic E-state index is 11.5. The molecule has 0 aromatic heterocycles. The number of alkyl halides is 1. The summed E-state index contributed by atoms with van der Waals surface area (Å²) < 4.78 is 0. The topological polar surface area (TPSA) is 40.6 Å². The van der Waals surface area contributed by atoms with Crippen LogP contribution < -0.4 is 0 Å². The zero-order valence-electron chi connectivity index (χ0n) is 8.33. The highest BCUT2D eigenvalue weighted by atomic mass is 79.9. The molecule has 4 nitrogen and oxygen atoms in total. The summed E-state index contributed by atoms with van der Waals surface area (Å²) in [5.74, 6) is 0.266. The summed E-state index contributed by atoms with van der Waals surface area (Å²) in [5.41, 5.74) is 0. The fourth-order valence-electron chi connectivity index (χ4n) is 1.51. The molecule has 0 atom stereocenters. The lowest BCUT2D eigenvalue weighted by Crippen LogP contribution is -2.50. The highest BCUT2D eigenvalue weighted by Crippen LogP contribution is 2.04. The fourth-order valence-corrected chi connectivity index (χ4v) is 1.85. The molecule has 0 aromatic rings. The van der Waals surface area contributed by atoms with Gasteiger partial charge >= 0.3 is 0 Å². The molecule has 5 heteroatoms. The molecule has 0 N–H and O–H groups in total. The van der Waals surface area contributed by atoms with E-state index in [0.717, 1.165) is 0 Å². The number of halogens is 1. The molecular formula is C9H15BrN2O2. The van der Waals surface area contributed by atoms with Gasteiger partial charge in [0.2, 0.25) is 11.8 Å². The van der Waals surface area contributed by atoms with Gasteiger partial charge in [0, 0.05) is 44.9 Å². The Hall–Kier alpha value is -0.580. The van der Waals surface area contributed by atoms with Crippen molar-refractivity contribution in [2.75, 3.05) is 31.5 Å². The van der Waals surface area contributed by atoms with Gasteiger partial charge in [-0.3, -0.25) is 9.59 Å². The normalized spacial score (nSPS) is 17.0. The van der Waals surface area contributed by atoms with Crippen LogP contribution in [0.1, 0.15) is 13.3 Å². The highest BCUT2D eigenvalue weighted by Gasteiger charge is 2.21. The van der Waals surface area contributed by atoms with Crippen LogP contribution in [0.3, 0.4) is 0 Å². The molecule has 0 saturated carbocycles. The number of rotatable bonds is 2. The summed E-state index contributed by atoms with van der Waals surface area (Å²) in [6.45, 7) is 4.25. The van der Waals surface area contributed by atoms with E-state index in [-0.39, 0.29) is 11.8 Å². The average Bonchev–Trinajstić information content (AvgIpc) is 2.18. The summed E-state index contributed by atoms with van der Waals surface area (Å²) >= 11 is 3.24. The minimum Gasteiger partial charge on any atom is -0.339 e. The lowest BCUT2D eigenvalue weighted by Gasteiger charge is -2.34. The molecule has 80 valence electrons. The Morgan fingerprint density at radius 1 is 1.14 bits per heavy atom. The largest absolute Gasteiger partial charge is 0.339 e. The molecule has 0 unspecified atom stereocenters. The first-order valence-corrected chi connectivity index (χ1v) is 5.86. The van der Waals surface area contributed by atoms with Gasteiger partial charge in [0.25, 0.3) is 0 Å². The third kappa shape index (κ3) is 2.97. The van der Waals surface area contributed by atoms with Gasteiger partial charge in [-0.25, -0.2) is 0 Å². The summed E-state index contributed by atoms with van der Waals surface area (Å²) in [5, 5.41) is 0.707. The Labute approximate surface area is 92.4 Å². The second kappa shape index (κ2) is 5.34. The standard InChI is InChI=1S/C9H15BrN2O2/c1-8(13)11-4-6-12(7-5-11)9(14)2-3-10/h2-7H2,1H3. The van der Waals surface area contributed by atoms with Crippen molar-refractivity contribution in [3.8, 4) is 0 Å². The van der Waals surface area contributed by atoms with E-state index in [9.17, 15) is 9.59 Å². The molecule has 0 bridgehead atoms. The van der Waals surface area contributed by atoms with E-state index < -0.39 is 0 Å². The smallest absolute Gasteiger partial charge is 0.223 e. The minimum absolute atomic E-state index is 0.0950. The van der Waals surface area contributed by atoms with Crippen LogP contribution in [0.2, 0.25) is 0 Å². The molecule has 1 rings (SSSR count). The molecule has 1 heterocycles. The van der Waals surface area contributed by atoms with E-state index in [0.29, 0.717) is 37.9 Å². The van der Waals surface area contributed by atoms with Gasteiger partial charge in [-0.1, -0.05) is 15.9 Å². The number of amides is 2. The van der Waals surface area contributed by atoms with Crippen LogP contribution in [0.15, 0.2) is 0 Å². The van der Waals surface area contributed by atoms with E-state index in [4.69, 9.17) is 0 Å². The van der Waals surface area contributed by atoms with Crippen molar-refractivity contribution in [2.24, 2.45) is 0 Å². The third-order valence-electron chi connectivity index (χ3n) is 2.39. The first-order valence-electron chi connectivity index (χ1n) is 4.74. The lowest BCUT2D eigenvalue weighted by atomic mass is 10.3. The Morgan fingerprint density at radius 2 is 1.64 bits per heavy atom. The monoisotopic (exact) mass is 262 g/mol. The van der Waals surface area contributed by atoms with Crippen LogP contribution in [0.5, 0.6) is 0 Å². The maximum absolute atomic E-state index is 11.5. The van der Waals surface area contributed by atoms with Crippen molar-refractivity contribution in [3.63, 3.8) is 0 Å². The van der Waals surface area contributed by atoms with E-state index in [2.05, 4.69) is 15.9 Å². The van der Waals surface area contributed by atoms with Crippen molar-refractivity contribution < 1.29 is 9.59 Å². The molecular weight excluding hydrogens is 248 g/mol. The number of carbonyl (C=O) groups is 2. The van der Waals surface area contributed by atoms with Crippen molar-refractivity contribution >= 4 is 27.7 Å². The summed E-state index contributed by atoms with van der Waals surface area (Å²) in [7, 11) is 0. The van der Waals surface area contributed by atoms with Gasteiger partial charge in [-0.15, -0.1) is 0 Å². The predicted octanol–water partition coefficient (Wildman–Crippen LogP) is 0.462. The van der Waals surface area contributed by atoms with Crippen LogP contribution >= 0.6 is 15.9 Å². The molecule has 0 radical (unpaired) electrons. The Balaban J connectivity index is 2.35. The molecule has 14 heavy (non-hydrogen) atoms. The van der Waals surface area contributed by atoms with Crippen LogP contribution in [-0.4, -0.2) is 53.1 Å². The quantitative estimate of drug-likeness (QED) is 0.679. The first kappa shape index (κ1) is 11.5. The second-order valence-electron chi connectivity index (χ2n) is 3.33. The number of nitrogens with zero attached hydrogens (tertiary/aromatic N) is 2. The van der Waals surface area contributed by atoms with E-state index in [1.54, 1.807) is 11.8 Å². The molecule has 1 saturated heterocycles. The molecule has 1 aliphatic heterocycles. The van der Waals surface area contributed by atoms with E-state index >= 15 is 0 Å². The van der Waals surface area contributed by atoms with Gasteiger partial charge < -0.3 is 9.80 Å². The third-order valence-corrected chi connectivity index (χ3v) is 2.78. The lowest BCUT2D eigenvalue weighted by molar-refractivity contribution is -0.138. The van der Waals surface area contributed by atoms with Crippen LogP contribution in [0.25, 0.3) is 0 Å². The molecule has 0 spiro atoms. The Morgan fingerprint density at radius 3 is 2.07 bits per heavy atom. The first-order chi connectivity index (χ1) is 6.65. The number of carbonyl (C=O) groups excluding carboxylic acids is 2. The minimum atomic E-state index is 0.0950. The maximum Gasteiger partial charge on any atom is 0.223 e. The number of piperazine rings is 1. The van der Waals surface area contributed by atoms with Crippen LogP contribution in [-0.2, 0) is 9.59 Å².